The first kappa shape index (κ1) is 11.4. The van der Waals surface area contributed by atoms with E-state index in [1.165, 1.54) is 0 Å². The summed E-state index contributed by atoms with van der Waals surface area (Å²) >= 11 is 7.30. The number of hydrogen-bond donors (Lipinski definition) is 1. The van der Waals surface area contributed by atoms with E-state index in [4.69, 9.17) is 16.7 Å². The molecule has 0 unspecified atom stereocenters. The highest BCUT2D eigenvalue weighted by Gasteiger charge is 2.06. The molecule has 0 aliphatic carbocycles. The molecule has 76 valence electrons. The molecule has 0 amide bonds. The van der Waals surface area contributed by atoms with Gasteiger partial charge < -0.3 is 5.11 Å². The lowest BCUT2D eigenvalue weighted by molar-refractivity contribution is -0.136. The Bertz CT molecular complexity index is 339. The van der Waals surface area contributed by atoms with Gasteiger partial charge in [0, 0.05) is 10.8 Å². The molecule has 1 aromatic rings. The van der Waals surface area contributed by atoms with Crippen LogP contribution in [0.15, 0.2) is 23.1 Å². The smallest absolute Gasteiger partial charge is 0.307 e. The first-order valence-electron chi connectivity index (χ1n) is 4.11. The van der Waals surface area contributed by atoms with Gasteiger partial charge in [-0.2, -0.15) is 0 Å². The Balaban J connectivity index is 3.01. The van der Waals surface area contributed by atoms with Crippen molar-refractivity contribution < 1.29 is 9.90 Å². The van der Waals surface area contributed by atoms with E-state index in [0.29, 0.717) is 5.88 Å². The average Bonchev–Trinajstić information content (AvgIpc) is 2.16. The minimum Gasteiger partial charge on any atom is -0.481 e. The fourth-order valence-corrected chi connectivity index (χ4v) is 1.91. The molecule has 0 spiro atoms. The minimum atomic E-state index is -0.824. The summed E-state index contributed by atoms with van der Waals surface area (Å²) in [6, 6.07) is 5.72. The van der Waals surface area contributed by atoms with Gasteiger partial charge in [-0.1, -0.05) is 6.07 Å². The number of aliphatic carboxylic acids is 1. The fraction of sp³-hybridized carbons (Fsp3) is 0.300. The molecule has 0 radical (unpaired) electrons. The molecule has 1 aromatic carbocycles. The zero-order chi connectivity index (χ0) is 10.6. The van der Waals surface area contributed by atoms with Gasteiger partial charge in [0.05, 0.1) is 6.42 Å². The summed E-state index contributed by atoms with van der Waals surface area (Å²) in [7, 11) is 0. The number of rotatable bonds is 4. The predicted molar refractivity (Wildman–Crippen MR) is 59.1 cm³/mol. The number of carbonyl (C=O) groups is 1. The summed E-state index contributed by atoms with van der Waals surface area (Å²) < 4.78 is 0. The number of halogens is 1. The summed E-state index contributed by atoms with van der Waals surface area (Å²) in [4.78, 5) is 11.7. The second-order valence-corrected chi connectivity index (χ2v) is 3.99. The van der Waals surface area contributed by atoms with E-state index >= 15 is 0 Å². The van der Waals surface area contributed by atoms with Crippen molar-refractivity contribution in [1.82, 2.24) is 0 Å². The van der Waals surface area contributed by atoms with E-state index in [1.54, 1.807) is 11.8 Å². The minimum absolute atomic E-state index is 0.0381. The molecular formula is C10H11ClO2S. The molecule has 0 fully saturated rings. The maximum Gasteiger partial charge on any atom is 0.307 e. The Morgan fingerprint density at radius 2 is 2.21 bits per heavy atom. The molecule has 0 saturated carbocycles. The average molecular weight is 231 g/mol. The summed E-state index contributed by atoms with van der Waals surface area (Å²) in [5, 5.41) is 8.70. The van der Waals surface area contributed by atoms with Crippen molar-refractivity contribution in [3.63, 3.8) is 0 Å². The van der Waals surface area contributed by atoms with Gasteiger partial charge in [0.2, 0.25) is 0 Å². The quantitative estimate of drug-likeness (QED) is 0.639. The van der Waals surface area contributed by atoms with Crippen LogP contribution in [-0.4, -0.2) is 17.3 Å². The molecule has 1 N–H and O–H groups in total. The van der Waals surface area contributed by atoms with Crippen molar-refractivity contribution in [1.29, 1.82) is 0 Å². The molecule has 0 aliphatic heterocycles. The van der Waals surface area contributed by atoms with E-state index in [0.717, 1.165) is 16.0 Å². The van der Waals surface area contributed by atoms with Crippen LogP contribution in [0, 0.1) is 0 Å². The molecule has 0 aromatic heterocycles. The molecule has 4 heteroatoms. The standard InChI is InChI=1S/C10H11ClO2S/c1-14-9-3-2-7(6-11)8(4-9)5-10(12)13/h2-4H,5-6H2,1H3,(H,12,13). The highest BCUT2D eigenvalue weighted by atomic mass is 35.5. The normalized spacial score (nSPS) is 10.1. The lowest BCUT2D eigenvalue weighted by atomic mass is 10.1. The second kappa shape index (κ2) is 5.27. The van der Waals surface area contributed by atoms with Crippen molar-refractivity contribution in [2.45, 2.75) is 17.2 Å². The number of alkyl halides is 1. The Kier molecular flexibility index (Phi) is 4.29. The van der Waals surface area contributed by atoms with Gasteiger partial charge in [0.25, 0.3) is 0 Å². The van der Waals surface area contributed by atoms with Gasteiger partial charge in [0.15, 0.2) is 0 Å². The zero-order valence-electron chi connectivity index (χ0n) is 7.79. The molecule has 14 heavy (non-hydrogen) atoms. The Labute approximate surface area is 92.3 Å². The van der Waals surface area contributed by atoms with E-state index in [1.807, 2.05) is 24.5 Å². The van der Waals surface area contributed by atoms with Crippen LogP contribution in [0.1, 0.15) is 11.1 Å². The van der Waals surface area contributed by atoms with E-state index in [9.17, 15) is 4.79 Å². The van der Waals surface area contributed by atoms with Crippen LogP contribution in [0.5, 0.6) is 0 Å². The third kappa shape index (κ3) is 2.93. The van der Waals surface area contributed by atoms with Gasteiger partial charge in [-0.15, -0.1) is 23.4 Å². The lowest BCUT2D eigenvalue weighted by Crippen LogP contribution is -2.03. The molecule has 0 saturated heterocycles. The van der Waals surface area contributed by atoms with Gasteiger partial charge in [-0.3, -0.25) is 4.79 Å². The van der Waals surface area contributed by atoms with Crippen LogP contribution in [0.3, 0.4) is 0 Å². The highest BCUT2D eigenvalue weighted by molar-refractivity contribution is 7.98. The largest absolute Gasteiger partial charge is 0.481 e. The van der Waals surface area contributed by atoms with Gasteiger partial charge in [0.1, 0.15) is 0 Å². The predicted octanol–water partition coefficient (Wildman–Crippen LogP) is 2.77. The van der Waals surface area contributed by atoms with Crippen LogP contribution in [0.2, 0.25) is 0 Å². The van der Waals surface area contributed by atoms with Crippen LogP contribution in [0.4, 0.5) is 0 Å². The number of carboxylic acids is 1. The van der Waals surface area contributed by atoms with Crippen LogP contribution >= 0.6 is 23.4 Å². The first-order valence-corrected chi connectivity index (χ1v) is 5.87. The third-order valence-electron chi connectivity index (χ3n) is 1.90. The van der Waals surface area contributed by atoms with Crippen molar-refractivity contribution in [3.8, 4) is 0 Å². The number of hydrogen-bond acceptors (Lipinski definition) is 2. The summed E-state index contributed by atoms with van der Waals surface area (Å²) in [5.74, 6) is -0.466. The molecule has 0 bridgehead atoms. The van der Waals surface area contributed by atoms with Gasteiger partial charge in [-0.25, -0.2) is 0 Å². The third-order valence-corrected chi connectivity index (χ3v) is 2.91. The van der Waals surface area contributed by atoms with Crippen molar-refractivity contribution in [2.24, 2.45) is 0 Å². The molecule has 2 nitrogen and oxygen atoms in total. The van der Waals surface area contributed by atoms with Crippen LogP contribution < -0.4 is 0 Å². The summed E-state index contributed by atoms with van der Waals surface area (Å²) in [6.07, 6.45) is 2.00. The molecule has 1 rings (SSSR count). The van der Waals surface area contributed by atoms with Crippen molar-refractivity contribution in [2.75, 3.05) is 6.26 Å². The van der Waals surface area contributed by atoms with E-state index in [-0.39, 0.29) is 6.42 Å². The first-order chi connectivity index (χ1) is 6.67. The lowest BCUT2D eigenvalue weighted by Gasteiger charge is -2.06. The zero-order valence-corrected chi connectivity index (χ0v) is 9.36. The number of thioether (sulfide) groups is 1. The van der Waals surface area contributed by atoms with Gasteiger partial charge >= 0.3 is 5.97 Å². The molecular weight excluding hydrogens is 220 g/mol. The van der Waals surface area contributed by atoms with Crippen LogP contribution in [0.25, 0.3) is 0 Å². The monoisotopic (exact) mass is 230 g/mol. The maximum absolute atomic E-state index is 10.6. The number of benzene rings is 1. The fourth-order valence-electron chi connectivity index (χ4n) is 1.19. The van der Waals surface area contributed by atoms with Crippen molar-refractivity contribution >= 4 is 29.3 Å². The summed E-state index contributed by atoms with van der Waals surface area (Å²) in [6.45, 7) is 0. The molecule has 0 atom stereocenters. The highest BCUT2D eigenvalue weighted by Crippen LogP contribution is 2.21. The number of carboxylic acid groups (broad SMARTS) is 1. The maximum atomic E-state index is 10.6. The summed E-state index contributed by atoms with van der Waals surface area (Å²) in [5.41, 5.74) is 1.70. The SMILES string of the molecule is CSc1ccc(CCl)c(CC(=O)O)c1. The Hall–Kier alpha value is -0.670. The van der Waals surface area contributed by atoms with Crippen LogP contribution in [-0.2, 0) is 17.1 Å². The Morgan fingerprint density at radius 1 is 1.50 bits per heavy atom. The van der Waals surface area contributed by atoms with Gasteiger partial charge in [-0.05, 0) is 29.5 Å². The van der Waals surface area contributed by atoms with E-state index in [2.05, 4.69) is 0 Å². The Morgan fingerprint density at radius 3 is 2.71 bits per heavy atom. The van der Waals surface area contributed by atoms with Crippen molar-refractivity contribution in [3.05, 3.63) is 29.3 Å². The van der Waals surface area contributed by atoms with E-state index < -0.39 is 5.97 Å². The topological polar surface area (TPSA) is 37.3 Å². The molecule has 0 heterocycles. The molecule has 0 aliphatic rings. The second-order valence-electron chi connectivity index (χ2n) is 2.84.